The van der Waals surface area contributed by atoms with E-state index in [9.17, 15) is 14.4 Å². The minimum absolute atomic E-state index is 0.0444. The van der Waals surface area contributed by atoms with Gasteiger partial charge in [0.15, 0.2) is 0 Å². The molecule has 1 aliphatic heterocycles. The van der Waals surface area contributed by atoms with Crippen molar-refractivity contribution < 1.29 is 19.1 Å². The maximum atomic E-state index is 13.5. The van der Waals surface area contributed by atoms with Crippen LogP contribution in [0.15, 0.2) is 78.9 Å². The van der Waals surface area contributed by atoms with Crippen LogP contribution in [0.4, 0.5) is 5.69 Å². The van der Waals surface area contributed by atoms with Crippen LogP contribution < -0.4 is 9.64 Å². The van der Waals surface area contributed by atoms with E-state index in [4.69, 9.17) is 4.74 Å². The molecule has 6 nitrogen and oxygen atoms in total. The lowest BCUT2D eigenvalue weighted by Crippen LogP contribution is -2.46. The van der Waals surface area contributed by atoms with E-state index >= 15 is 0 Å². The number of rotatable bonds is 7. The smallest absolute Gasteiger partial charge is 0.257 e. The lowest BCUT2D eigenvalue weighted by atomic mass is 10.1. The van der Waals surface area contributed by atoms with Crippen molar-refractivity contribution in [2.75, 3.05) is 18.6 Å². The van der Waals surface area contributed by atoms with Crippen molar-refractivity contribution in [3.63, 3.8) is 0 Å². The molecule has 0 bridgehead atoms. The standard InChI is InChI=1S/C27H26N2O4/c1-19-7-6-10-21(17-19)26(31)28(16-15-20-8-4-3-5-9-20)24-18-25(30)29(27(24)32)22-11-13-23(33-2)14-12-22/h3-14,17,24H,15-16,18H2,1-2H3. The Balaban J connectivity index is 1.63. The number of methoxy groups -OCH3 is 1. The Kier molecular flexibility index (Phi) is 6.54. The zero-order chi connectivity index (χ0) is 23.4. The number of carbonyl (C=O) groups excluding carboxylic acids is 3. The van der Waals surface area contributed by atoms with Gasteiger partial charge in [-0.1, -0.05) is 48.0 Å². The van der Waals surface area contributed by atoms with Gasteiger partial charge in [0.1, 0.15) is 11.8 Å². The van der Waals surface area contributed by atoms with Crippen LogP contribution in [-0.2, 0) is 16.0 Å². The van der Waals surface area contributed by atoms with E-state index in [-0.39, 0.29) is 24.1 Å². The van der Waals surface area contributed by atoms with Gasteiger partial charge in [-0.25, -0.2) is 4.90 Å². The first-order valence-electron chi connectivity index (χ1n) is 10.9. The fraction of sp³-hybridized carbons (Fsp3) is 0.222. The number of nitrogens with zero attached hydrogens (tertiary/aromatic N) is 2. The van der Waals surface area contributed by atoms with Crippen molar-refractivity contribution in [3.05, 3.63) is 95.6 Å². The van der Waals surface area contributed by atoms with Crippen molar-refractivity contribution in [2.45, 2.75) is 25.8 Å². The molecule has 0 spiro atoms. The number of amides is 3. The van der Waals surface area contributed by atoms with Gasteiger partial charge in [0.05, 0.1) is 19.2 Å². The summed E-state index contributed by atoms with van der Waals surface area (Å²) in [6.45, 7) is 2.25. The number of ether oxygens (including phenoxy) is 1. The highest BCUT2D eigenvalue weighted by Gasteiger charge is 2.44. The van der Waals surface area contributed by atoms with Gasteiger partial charge in [0, 0.05) is 12.1 Å². The van der Waals surface area contributed by atoms with Gasteiger partial charge in [0.25, 0.3) is 11.8 Å². The van der Waals surface area contributed by atoms with Crippen molar-refractivity contribution in [1.29, 1.82) is 0 Å². The molecular formula is C27H26N2O4. The Hall–Kier alpha value is -3.93. The molecule has 3 aromatic carbocycles. The van der Waals surface area contributed by atoms with Crippen LogP contribution in [0.2, 0.25) is 0 Å². The summed E-state index contributed by atoms with van der Waals surface area (Å²) in [7, 11) is 1.55. The summed E-state index contributed by atoms with van der Waals surface area (Å²) in [6.07, 6.45) is 0.538. The predicted octanol–water partition coefficient (Wildman–Crippen LogP) is 4.02. The zero-order valence-corrected chi connectivity index (χ0v) is 18.7. The van der Waals surface area contributed by atoms with Crippen molar-refractivity contribution in [3.8, 4) is 5.75 Å². The molecule has 1 unspecified atom stereocenters. The molecule has 1 aliphatic rings. The predicted molar refractivity (Wildman–Crippen MR) is 126 cm³/mol. The summed E-state index contributed by atoms with van der Waals surface area (Å²) >= 11 is 0. The lowest BCUT2D eigenvalue weighted by Gasteiger charge is -2.28. The number of carbonyl (C=O) groups is 3. The molecular weight excluding hydrogens is 416 g/mol. The molecule has 4 rings (SSSR count). The van der Waals surface area contributed by atoms with Gasteiger partial charge in [-0.05, 0) is 55.3 Å². The third kappa shape index (κ3) is 4.80. The van der Waals surface area contributed by atoms with Crippen LogP contribution in [0, 0.1) is 6.92 Å². The van der Waals surface area contributed by atoms with Gasteiger partial charge in [-0.3, -0.25) is 14.4 Å². The first-order chi connectivity index (χ1) is 16.0. The minimum Gasteiger partial charge on any atom is -0.497 e. The number of anilines is 1. The molecule has 1 heterocycles. The van der Waals surface area contributed by atoms with Crippen LogP contribution in [0.5, 0.6) is 5.75 Å². The first kappa shape index (κ1) is 22.3. The van der Waals surface area contributed by atoms with Crippen LogP contribution in [-0.4, -0.2) is 42.3 Å². The molecule has 33 heavy (non-hydrogen) atoms. The minimum atomic E-state index is -0.851. The number of imide groups is 1. The number of hydrogen-bond acceptors (Lipinski definition) is 4. The highest BCUT2D eigenvalue weighted by molar-refractivity contribution is 6.23. The summed E-state index contributed by atoms with van der Waals surface area (Å²) in [5, 5.41) is 0. The van der Waals surface area contributed by atoms with Crippen molar-refractivity contribution in [2.24, 2.45) is 0 Å². The van der Waals surface area contributed by atoms with E-state index in [0.29, 0.717) is 30.0 Å². The van der Waals surface area contributed by atoms with Crippen LogP contribution in [0.3, 0.4) is 0 Å². The Morgan fingerprint density at radius 1 is 1.00 bits per heavy atom. The van der Waals surface area contributed by atoms with Crippen molar-refractivity contribution in [1.82, 2.24) is 4.90 Å². The lowest BCUT2D eigenvalue weighted by molar-refractivity contribution is -0.122. The number of hydrogen-bond donors (Lipinski definition) is 0. The average molecular weight is 443 g/mol. The molecule has 1 fully saturated rings. The Bertz CT molecular complexity index is 1160. The molecule has 1 saturated heterocycles. The first-order valence-corrected chi connectivity index (χ1v) is 10.9. The molecule has 0 radical (unpaired) electrons. The summed E-state index contributed by atoms with van der Waals surface area (Å²) in [6, 6.07) is 23.0. The topological polar surface area (TPSA) is 66.9 Å². The average Bonchev–Trinajstić information content (AvgIpc) is 3.13. The second kappa shape index (κ2) is 9.69. The Labute approximate surface area is 193 Å². The molecule has 1 atom stereocenters. The highest BCUT2D eigenvalue weighted by atomic mass is 16.5. The van der Waals surface area contributed by atoms with Gasteiger partial charge in [-0.15, -0.1) is 0 Å². The molecule has 3 amide bonds. The zero-order valence-electron chi connectivity index (χ0n) is 18.7. The Morgan fingerprint density at radius 2 is 1.73 bits per heavy atom. The maximum Gasteiger partial charge on any atom is 0.257 e. The van der Waals surface area contributed by atoms with Crippen LogP contribution in [0.25, 0.3) is 0 Å². The van der Waals surface area contributed by atoms with E-state index in [0.717, 1.165) is 11.1 Å². The van der Waals surface area contributed by atoms with E-state index in [1.165, 1.54) is 4.90 Å². The van der Waals surface area contributed by atoms with Gasteiger partial charge >= 0.3 is 0 Å². The van der Waals surface area contributed by atoms with E-state index in [1.807, 2.05) is 49.4 Å². The van der Waals surface area contributed by atoms with Gasteiger partial charge < -0.3 is 9.64 Å². The third-order valence-corrected chi connectivity index (χ3v) is 5.84. The monoisotopic (exact) mass is 442 g/mol. The van der Waals surface area contributed by atoms with E-state index < -0.39 is 6.04 Å². The molecule has 168 valence electrons. The second-order valence-electron chi connectivity index (χ2n) is 8.09. The molecule has 3 aromatic rings. The molecule has 0 aromatic heterocycles. The fourth-order valence-corrected chi connectivity index (χ4v) is 4.10. The van der Waals surface area contributed by atoms with E-state index in [2.05, 4.69) is 0 Å². The van der Waals surface area contributed by atoms with E-state index in [1.54, 1.807) is 48.4 Å². The summed E-state index contributed by atoms with van der Waals surface area (Å²) < 4.78 is 5.17. The summed E-state index contributed by atoms with van der Waals surface area (Å²) in [4.78, 5) is 42.5. The summed E-state index contributed by atoms with van der Waals surface area (Å²) in [5.41, 5.74) is 2.99. The number of benzene rings is 3. The molecule has 6 heteroatoms. The third-order valence-electron chi connectivity index (χ3n) is 5.84. The number of aryl methyl sites for hydroxylation is 1. The van der Waals surface area contributed by atoms with Crippen LogP contribution in [0.1, 0.15) is 27.9 Å². The van der Waals surface area contributed by atoms with Gasteiger partial charge in [-0.2, -0.15) is 0 Å². The molecule has 0 saturated carbocycles. The molecule has 0 N–H and O–H groups in total. The van der Waals surface area contributed by atoms with Crippen LogP contribution >= 0.6 is 0 Å². The van der Waals surface area contributed by atoms with Gasteiger partial charge in [0.2, 0.25) is 5.91 Å². The maximum absolute atomic E-state index is 13.5. The normalized spacial score (nSPS) is 15.6. The highest BCUT2D eigenvalue weighted by Crippen LogP contribution is 2.28. The summed E-state index contributed by atoms with van der Waals surface area (Å²) in [5.74, 6) is -0.331. The SMILES string of the molecule is COc1ccc(N2C(=O)CC(N(CCc3ccccc3)C(=O)c3cccc(C)c3)C2=O)cc1. The fourth-order valence-electron chi connectivity index (χ4n) is 4.10. The Morgan fingerprint density at radius 3 is 2.39 bits per heavy atom. The second-order valence-corrected chi connectivity index (χ2v) is 8.09. The largest absolute Gasteiger partial charge is 0.497 e. The molecule has 0 aliphatic carbocycles. The van der Waals surface area contributed by atoms with Crippen molar-refractivity contribution >= 4 is 23.4 Å². The quantitative estimate of drug-likeness (QED) is 0.519.